The molecule has 0 radical (unpaired) electrons. The minimum absolute atomic E-state index is 0.00578. The van der Waals surface area contributed by atoms with Crippen molar-refractivity contribution in [2.24, 2.45) is 0 Å². The maximum absolute atomic E-state index is 13.3. The number of rotatable bonds is 4. The summed E-state index contributed by atoms with van der Waals surface area (Å²) in [6.07, 6.45) is 0.325. The molecule has 7 nitrogen and oxygen atoms in total. The SMILES string of the molecule is COCC1(CF)CC(C)(O)C(n2ccc(N)nc2=O)O1. The lowest BCUT2D eigenvalue weighted by atomic mass is 9.92. The summed E-state index contributed by atoms with van der Waals surface area (Å²) in [5, 5.41) is 10.4. The molecule has 3 unspecified atom stereocenters. The van der Waals surface area contributed by atoms with E-state index in [4.69, 9.17) is 15.2 Å². The third-order valence-electron chi connectivity index (χ3n) is 3.33. The molecule has 1 aliphatic rings. The number of nitrogens with zero attached hydrogens (tertiary/aromatic N) is 2. The second kappa shape index (κ2) is 5.12. The van der Waals surface area contributed by atoms with Crippen LogP contribution in [-0.2, 0) is 9.47 Å². The van der Waals surface area contributed by atoms with Crippen LogP contribution >= 0.6 is 0 Å². The van der Waals surface area contributed by atoms with Crippen LogP contribution < -0.4 is 11.4 Å². The van der Waals surface area contributed by atoms with Gasteiger partial charge in [0, 0.05) is 19.7 Å². The summed E-state index contributed by atoms with van der Waals surface area (Å²) >= 11 is 0. The number of alkyl halides is 1. The smallest absolute Gasteiger partial charge is 0.351 e. The Labute approximate surface area is 115 Å². The summed E-state index contributed by atoms with van der Waals surface area (Å²) in [6.45, 7) is 0.630. The Hall–Kier alpha value is -1.51. The first-order valence-electron chi connectivity index (χ1n) is 6.13. The first kappa shape index (κ1) is 14.9. The Morgan fingerprint density at radius 1 is 1.75 bits per heavy atom. The summed E-state index contributed by atoms with van der Waals surface area (Å²) in [5.74, 6) is 0.0672. The van der Waals surface area contributed by atoms with Gasteiger partial charge in [-0.2, -0.15) is 4.98 Å². The number of methoxy groups -OCH3 is 1. The molecule has 1 aromatic rings. The van der Waals surface area contributed by atoms with Crippen molar-refractivity contribution in [3.8, 4) is 0 Å². The second-order valence-electron chi connectivity index (χ2n) is 5.30. The van der Waals surface area contributed by atoms with Gasteiger partial charge in [-0.3, -0.25) is 4.57 Å². The Kier molecular flexibility index (Phi) is 3.81. The average Bonchev–Trinajstić information content (AvgIpc) is 2.62. The molecule has 1 aromatic heterocycles. The fraction of sp³-hybridized carbons (Fsp3) is 0.667. The molecule has 1 saturated heterocycles. The maximum atomic E-state index is 13.3. The standard InChI is InChI=1S/C12H18FN3O4/c1-11(18)5-12(6-13,7-19-2)20-9(11)16-4-3-8(14)15-10(16)17/h3-4,9,18H,5-7H2,1-2H3,(H2,14,15,17). The molecule has 0 amide bonds. The van der Waals surface area contributed by atoms with Gasteiger partial charge in [0.2, 0.25) is 0 Å². The topological polar surface area (TPSA) is 99.6 Å². The Bertz CT molecular complexity index is 548. The van der Waals surface area contributed by atoms with Crippen molar-refractivity contribution in [1.82, 2.24) is 9.55 Å². The lowest BCUT2D eigenvalue weighted by Gasteiger charge is -2.25. The average molecular weight is 287 g/mol. The van der Waals surface area contributed by atoms with E-state index in [1.165, 1.54) is 26.3 Å². The summed E-state index contributed by atoms with van der Waals surface area (Å²) in [5.41, 5.74) is 2.05. The second-order valence-corrected chi connectivity index (χ2v) is 5.30. The highest BCUT2D eigenvalue weighted by Gasteiger charge is 2.54. The third kappa shape index (κ3) is 2.54. The van der Waals surface area contributed by atoms with E-state index < -0.39 is 29.8 Å². The fourth-order valence-corrected chi connectivity index (χ4v) is 2.57. The summed E-state index contributed by atoms with van der Waals surface area (Å²) in [7, 11) is 1.42. The zero-order valence-corrected chi connectivity index (χ0v) is 11.4. The first-order valence-corrected chi connectivity index (χ1v) is 6.13. The number of hydrogen-bond acceptors (Lipinski definition) is 6. The molecule has 0 bridgehead atoms. The molecule has 1 aliphatic heterocycles. The Morgan fingerprint density at radius 2 is 2.45 bits per heavy atom. The number of anilines is 1. The van der Waals surface area contributed by atoms with Crippen LogP contribution in [0.2, 0.25) is 0 Å². The number of nitrogens with two attached hydrogens (primary N) is 1. The van der Waals surface area contributed by atoms with E-state index in [1.807, 2.05) is 0 Å². The van der Waals surface area contributed by atoms with E-state index >= 15 is 0 Å². The van der Waals surface area contributed by atoms with Crippen molar-refractivity contribution in [2.45, 2.75) is 30.8 Å². The predicted octanol–water partition coefficient (Wildman–Crippen LogP) is -0.150. The van der Waals surface area contributed by atoms with Crippen LogP contribution in [0.4, 0.5) is 10.2 Å². The molecule has 0 saturated carbocycles. The van der Waals surface area contributed by atoms with Gasteiger partial charge in [0.05, 0.1) is 6.61 Å². The van der Waals surface area contributed by atoms with Crippen molar-refractivity contribution < 1.29 is 19.0 Å². The van der Waals surface area contributed by atoms with Gasteiger partial charge in [0.15, 0.2) is 6.23 Å². The fourth-order valence-electron chi connectivity index (χ4n) is 2.57. The van der Waals surface area contributed by atoms with Crippen LogP contribution in [-0.4, -0.2) is 46.3 Å². The number of aliphatic hydroxyl groups is 1. The molecule has 112 valence electrons. The van der Waals surface area contributed by atoms with Crippen LogP contribution in [0.1, 0.15) is 19.6 Å². The number of hydrogen-bond donors (Lipinski definition) is 2. The number of aromatic nitrogens is 2. The molecule has 2 heterocycles. The van der Waals surface area contributed by atoms with Gasteiger partial charge >= 0.3 is 5.69 Å². The minimum Gasteiger partial charge on any atom is -0.385 e. The molecule has 1 fully saturated rings. The van der Waals surface area contributed by atoms with E-state index in [1.54, 1.807) is 0 Å². The van der Waals surface area contributed by atoms with Crippen LogP contribution in [0, 0.1) is 0 Å². The van der Waals surface area contributed by atoms with Crippen LogP contribution in [0.5, 0.6) is 0 Å². The molecule has 8 heteroatoms. The van der Waals surface area contributed by atoms with Crippen LogP contribution in [0.25, 0.3) is 0 Å². The van der Waals surface area contributed by atoms with Crippen molar-refractivity contribution in [1.29, 1.82) is 0 Å². The van der Waals surface area contributed by atoms with E-state index in [0.717, 1.165) is 4.57 Å². The largest absolute Gasteiger partial charge is 0.385 e. The molecular weight excluding hydrogens is 269 g/mol. The summed E-state index contributed by atoms with van der Waals surface area (Å²) in [6, 6.07) is 1.41. The van der Waals surface area contributed by atoms with Gasteiger partial charge in [-0.15, -0.1) is 0 Å². The molecule has 3 atom stereocenters. The molecular formula is C12H18FN3O4. The van der Waals surface area contributed by atoms with Crippen molar-refractivity contribution >= 4 is 5.82 Å². The number of nitrogen functional groups attached to an aromatic ring is 1. The quantitative estimate of drug-likeness (QED) is 0.799. The predicted molar refractivity (Wildman–Crippen MR) is 68.9 cm³/mol. The monoisotopic (exact) mass is 287 g/mol. The minimum atomic E-state index is -1.42. The molecule has 2 rings (SSSR count). The summed E-state index contributed by atoms with van der Waals surface area (Å²) in [4.78, 5) is 15.4. The van der Waals surface area contributed by atoms with Crippen LogP contribution in [0.15, 0.2) is 17.1 Å². The number of halogens is 1. The molecule has 0 spiro atoms. The van der Waals surface area contributed by atoms with Crippen LogP contribution in [0.3, 0.4) is 0 Å². The van der Waals surface area contributed by atoms with E-state index in [-0.39, 0.29) is 18.8 Å². The van der Waals surface area contributed by atoms with Gasteiger partial charge in [0.1, 0.15) is 23.7 Å². The first-order chi connectivity index (χ1) is 9.33. The van der Waals surface area contributed by atoms with Gasteiger partial charge in [0.25, 0.3) is 0 Å². The highest BCUT2D eigenvalue weighted by molar-refractivity contribution is 5.23. The highest BCUT2D eigenvalue weighted by atomic mass is 19.1. The molecule has 20 heavy (non-hydrogen) atoms. The van der Waals surface area contributed by atoms with E-state index in [9.17, 15) is 14.3 Å². The Morgan fingerprint density at radius 3 is 3.00 bits per heavy atom. The van der Waals surface area contributed by atoms with Gasteiger partial charge in [-0.1, -0.05) is 0 Å². The summed E-state index contributed by atoms with van der Waals surface area (Å²) < 4.78 is 24.9. The van der Waals surface area contributed by atoms with Gasteiger partial charge < -0.3 is 20.3 Å². The molecule has 0 aromatic carbocycles. The van der Waals surface area contributed by atoms with Crippen molar-refractivity contribution in [3.63, 3.8) is 0 Å². The molecule has 3 N–H and O–H groups in total. The normalized spacial score (nSPS) is 33.5. The zero-order chi connectivity index (χ0) is 15.0. The van der Waals surface area contributed by atoms with Gasteiger partial charge in [-0.05, 0) is 13.0 Å². The lowest BCUT2D eigenvalue weighted by molar-refractivity contribution is -0.137. The zero-order valence-electron chi connectivity index (χ0n) is 11.4. The van der Waals surface area contributed by atoms with Gasteiger partial charge in [-0.25, -0.2) is 9.18 Å². The third-order valence-corrected chi connectivity index (χ3v) is 3.33. The van der Waals surface area contributed by atoms with Crippen molar-refractivity contribution in [3.05, 3.63) is 22.7 Å². The highest BCUT2D eigenvalue weighted by Crippen LogP contribution is 2.43. The Balaban J connectivity index is 2.39. The lowest BCUT2D eigenvalue weighted by Crippen LogP contribution is -2.38. The maximum Gasteiger partial charge on any atom is 0.351 e. The van der Waals surface area contributed by atoms with E-state index in [0.29, 0.717) is 0 Å². The van der Waals surface area contributed by atoms with E-state index in [2.05, 4.69) is 4.98 Å². The molecule has 0 aliphatic carbocycles. The number of ether oxygens (including phenoxy) is 2. The van der Waals surface area contributed by atoms with Crippen molar-refractivity contribution in [2.75, 3.05) is 26.1 Å².